The molecule has 0 saturated heterocycles. The zero-order valence-corrected chi connectivity index (χ0v) is 15.9. The molecular weight excluding hydrogens is 395 g/mol. The molecule has 21 heavy (non-hydrogen) atoms. The first kappa shape index (κ1) is 18.4. The van der Waals surface area contributed by atoms with Crippen molar-refractivity contribution in [2.45, 2.75) is 32.9 Å². The lowest BCUT2D eigenvalue weighted by Gasteiger charge is -2.31. The fraction of sp³-hybridized carbons (Fsp3) is 0.533. The van der Waals surface area contributed by atoms with E-state index < -0.39 is 0 Å². The summed E-state index contributed by atoms with van der Waals surface area (Å²) in [5.41, 5.74) is 8.37. The Morgan fingerprint density at radius 3 is 3.10 bits per heavy atom. The average molecular weight is 420 g/mol. The van der Waals surface area contributed by atoms with Crippen LogP contribution in [0.5, 0.6) is 0 Å². The zero-order valence-electron chi connectivity index (χ0n) is 12.8. The normalized spacial score (nSPS) is 16.8. The smallest absolute Gasteiger partial charge is 0.188 e. The number of nitrogens with zero attached hydrogens (tertiary/aromatic N) is 2. The van der Waals surface area contributed by atoms with Crippen molar-refractivity contribution in [3.63, 3.8) is 0 Å². The second-order valence-corrected chi connectivity index (χ2v) is 6.48. The molecule has 1 aliphatic rings. The van der Waals surface area contributed by atoms with Gasteiger partial charge in [-0.3, -0.25) is 9.89 Å². The number of nitrogens with one attached hydrogen (secondary N) is 1. The van der Waals surface area contributed by atoms with Crippen molar-refractivity contribution in [3.05, 3.63) is 34.0 Å². The maximum absolute atomic E-state index is 5.84. The van der Waals surface area contributed by atoms with Gasteiger partial charge in [-0.05, 0) is 37.3 Å². The van der Waals surface area contributed by atoms with Crippen LogP contribution in [-0.4, -0.2) is 36.5 Å². The van der Waals surface area contributed by atoms with E-state index in [2.05, 4.69) is 40.2 Å². The lowest BCUT2D eigenvalue weighted by molar-refractivity contribution is 0.197. The van der Waals surface area contributed by atoms with Crippen LogP contribution in [0.3, 0.4) is 0 Å². The minimum Gasteiger partial charge on any atom is -0.370 e. The highest BCUT2D eigenvalue weighted by atomic mass is 127. The topological polar surface area (TPSA) is 53.6 Å². The Kier molecular flexibility index (Phi) is 7.69. The number of fused-ring (bicyclic) bond motifs is 1. The number of aliphatic imine (C=N–C) groups is 1. The molecular formula is C15H25IN4S. The van der Waals surface area contributed by atoms with E-state index in [1.54, 1.807) is 4.88 Å². The SMILES string of the molecule is C=C(C)CNC(N)=NCC(C)N1CCc2sccc2C1.I. The van der Waals surface area contributed by atoms with E-state index in [1.165, 1.54) is 5.56 Å². The molecule has 1 aromatic rings. The van der Waals surface area contributed by atoms with Gasteiger partial charge in [0.15, 0.2) is 5.96 Å². The molecule has 0 amide bonds. The predicted molar refractivity (Wildman–Crippen MR) is 103 cm³/mol. The van der Waals surface area contributed by atoms with Crippen molar-refractivity contribution in [2.75, 3.05) is 19.6 Å². The summed E-state index contributed by atoms with van der Waals surface area (Å²) in [5.74, 6) is 0.507. The first-order valence-corrected chi connectivity index (χ1v) is 7.91. The van der Waals surface area contributed by atoms with Crippen molar-refractivity contribution >= 4 is 41.3 Å². The Morgan fingerprint density at radius 2 is 2.38 bits per heavy atom. The highest BCUT2D eigenvalue weighted by Gasteiger charge is 2.21. The molecule has 2 heterocycles. The van der Waals surface area contributed by atoms with E-state index in [1.807, 2.05) is 18.3 Å². The van der Waals surface area contributed by atoms with E-state index in [9.17, 15) is 0 Å². The third-order valence-corrected chi connectivity index (χ3v) is 4.58. The van der Waals surface area contributed by atoms with E-state index in [0.717, 1.165) is 31.6 Å². The van der Waals surface area contributed by atoms with Crippen LogP contribution in [0.1, 0.15) is 24.3 Å². The van der Waals surface area contributed by atoms with Crippen molar-refractivity contribution < 1.29 is 0 Å². The van der Waals surface area contributed by atoms with Crippen LogP contribution in [0.2, 0.25) is 0 Å². The molecule has 0 spiro atoms. The highest BCUT2D eigenvalue weighted by molar-refractivity contribution is 14.0. The third-order valence-electron chi connectivity index (χ3n) is 3.56. The molecule has 0 aliphatic carbocycles. The zero-order chi connectivity index (χ0) is 14.5. The molecule has 0 radical (unpaired) electrons. The fourth-order valence-electron chi connectivity index (χ4n) is 2.29. The van der Waals surface area contributed by atoms with Crippen LogP contribution in [0.15, 0.2) is 28.6 Å². The van der Waals surface area contributed by atoms with Crippen LogP contribution >= 0.6 is 35.3 Å². The van der Waals surface area contributed by atoms with Gasteiger partial charge in [-0.15, -0.1) is 35.3 Å². The van der Waals surface area contributed by atoms with Gasteiger partial charge in [0.05, 0.1) is 6.54 Å². The molecule has 0 saturated carbocycles. The Bertz CT molecular complexity index is 498. The predicted octanol–water partition coefficient (Wildman–Crippen LogP) is 2.59. The van der Waals surface area contributed by atoms with Crippen molar-refractivity contribution in [1.29, 1.82) is 0 Å². The van der Waals surface area contributed by atoms with Gasteiger partial charge in [0, 0.05) is 30.6 Å². The summed E-state index contributed by atoms with van der Waals surface area (Å²) in [6, 6.07) is 2.65. The lowest BCUT2D eigenvalue weighted by atomic mass is 10.1. The fourth-order valence-corrected chi connectivity index (χ4v) is 3.18. The number of halogens is 1. The minimum absolute atomic E-state index is 0. The van der Waals surface area contributed by atoms with Crippen LogP contribution in [0.4, 0.5) is 0 Å². The van der Waals surface area contributed by atoms with Crippen molar-refractivity contribution in [3.8, 4) is 0 Å². The molecule has 3 N–H and O–H groups in total. The number of hydrogen-bond acceptors (Lipinski definition) is 3. The summed E-state index contributed by atoms with van der Waals surface area (Å²) in [6.07, 6.45) is 1.16. The van der Waals surface area contributed by atoms with Gasteiger partial charge in [0.25, 0.3) is 0 Å². The number of guanidine groups is 1. The van der Waals surface area contributed by atoms with Crippen molar-refractivity contribution in [1.82, 2.24) is 10.2 Å². The largest absolute Gasteiger partial charge is 0.370 e. The summed E-state index contributed by atoms with van der Waals surface area (Å²) in [6.45, 7) is 11.6. The molecule has 0 bridgehead atoms. The number of rotatable bonds is 5. The van der Waals surface area contributed by atoms with Gasteiger partial charge in [0.2, 0.25) is 0 Å². The Balaban J connectivity index is 0.00000220. The standard InChI is InChI=1S/C15H24N4S.HI/c1-11(2)8-17-15(16)18-9-12(3)19-6-4-14-13(10-19)5-7-20-14;/h5,7,12H,1,4,6,8-10H2,2-3H3,(H3,16,17,18);1H. The molecule has 0 aromatic carbocycles. The van der Waals surface area contributed by atoms with Crippen LogP contribution < -0.4 is 11.1 Å². The Hall–Kier alpha value is -0.600. The highest BCUT2D eigenvalue weighted by Crippen LogP contribution is 2.25. The molecule has 4 nitrogen and oxygen atoms in total. The monoisotopic (exact) mass is 420 g/mol. The Labute approximate surface area is 148 Å². The Morgan fingerprint density at radius 1 is 1.62 bits per heavy atom. The van der Waals surface area contributed by atoms with Gasteiger partial charge in [-0.2, -0.15) is 0 Å². The van der Waals surface area contributed by atoms with Gasteiger partial charge >= 0.3 is 0 Å². The number of thiophene rings is 1. The summed E-state index contributed by atoms with van der Waals surface area (Å²) < 4.78 is 0. The summed E-state index contributed by atoms with van der Waals surface area (Å²) >= 11 is 1.87. The average Bonchev–Trinajstić information content (AvgIpc) is 2.89. The van der Waals surface area contributed by atoms with Gasteiger partial charge in [0.1, 0.15) is 0 Å². The lowest BCUT2D eigenvalue weighted by Crippen LogP contribution is -2.40. The first-order valence-electron chi connectivity index (χ1n) is 7.03. The molecule has 2 rings (SSSR count). The maximum atomic E-state index is 5.84. The molecule has 1 aliphatic heterocycles. The van der Waals surface area contributed by atoms with E-state index in [4.69, 9.17) is 5.73 Å². The maximum Gasteiger partial charge on any atom is 0.188 e. The van der Waals surface area contributed by atoms with Crippen LogP contribution in [0.25, 0.3) is 0 Å². The molecule has 0 fully saturated rings. The summed E-state index contributed by atoms with van der Waals surface area (Å²) in [5, 5.41) is 5.25. The second kappa shape index (κ2) is 8.75. The van der Waals surface area contributed by atoms with E-state index in [0.29, 0.717) is 18.5 Å². The first-order chi connectivity index (χ1) is 9.56. The van der Waals surface area contributed by atoms with Gasteiger partial charge in [-0.1, -0.05) is 12.2 Å². The molecule has 1 unspecified atom stereocenters. The van der Waals surface area contributed by atoms with Gasteiger partial charge in [-0.25, -0.2) is 0 Å². The molecule has 118 valence electrons. The number of hydrogen-bond donors (Lipinski definition) is 2. The summed E-state index contributed by atoms with van der Waals surface area (Å²) in [4.78, 5) is 8.44. The second-order valence-electron chi connectivity index (χ2n) is 5.48. The van der Waals surface area contributed by atoms with E-state index in [-0.39, 0.29) is 24.0 Å². The third kappa shape index (κ3) is 5.60. The minimum atomic E-state index is 0. The van der Waals surface area contributed by atoms with E-state index >= 15 is 0 Å². The number of nitrogens with two attached hydrogens (primary N) is 1. The van der Waals surface area contributed by atoms with Crippen LogP contribution in [0, 0.1) is 0 Å². The molecule has 1 aromatic heterocycles. The van der Waals surface area contributed by atoms with Gasteiger partial charge < -0.3 is 11.1 Å². The van der Waals surface area contributed by atoms with Crippen molar-refractivity contribution in [2.24, 2.45) is 10.7 Å². The quantitative estimate of drug-likeness (QED) is 0.333. The molecule has 1 atom stereocenters. The van der Waals surface area contributed by atoms with Crippen LogP contribution in [-0.2, 0) is 13.0 Å². The molecule has 6 heteroatoms. The summed E-state index contributed by atoms with van der Waals surface area (Å²) in [7, 11) is 0.